The van der Waals surface area contributed by atoms with E-state index in [1.165, 1.54) is 19.2 Å². The summed E-state index contributed by atoms with van der Waals surface area (Å²) >= 11 is 0. The summed E-state index contributed by atoms with van der Waals surface area (Å²) in [6.45, 7) is 0. The normalized spacial score (nSPS) is 11.3. The molecule has 0 saturated heterocycles. The number of hydrogen-bond acceptors (Lipinski definition) is 2. The minimum Gasteiger partial charge on any atom is -0.496 e. The molecule has 0 saturated carbocycles. The number of hydrogen-bond donors (Lipinski definition) is 1. The van der Waals surface area contributed by atoms with Crippen molar-refractivity contribution in [1.82, 2.24) is 0 Å². The lowest BCUT2D eigenvalue weighted by Gasteiger charge is -2.15. The van der Waals surface area contributed by atoms with E-state index in [0.717, 1.165) is 6.07 Å². The first-order valence-corrected chi connectivity index (χ1v) is 5.31. The number of aliphatic carboxylic acids is 1. The van der Waals surface area contributed by atoms with E-state index in [2.05, 4.69) is 0 Å². The fourth-order valence-electron chi connectivity index (χ4n) is 1.68. The third-order valence-corrected chi connectivity index (χ3v) is 2.44. The minimum atomic E-state index is -4.48. The molecule has 1 aromatic rings. The average Bonchev–Trinajstić information content (AvgIpc) is 2.27. The number of carboxylic acids is 1. The highest BCUT2D eigenvalue weighted by Gasteiger charge is 2.34. The Labute approximate surface area is 102 Å². The first-order chi connectivity index (χ1) is 8.36. The monoisotopic (exact) mass is 262 g/mol. The quantitative estimate of drug-likeness (QED) is 0.886. The molecule has 0 radical (unpaired) electrons. The van der Waals surface area contributed by atoms with Crippen molar-refractivity contribution in [3.63, 3.8) is 0 Å². The summed E-state index contributed by atoms with van der Waals surface area (Å²) in [4.78, 5) is 10.4. The van der Waals surface area contributed by atoms with Crippen LogP contribution in [-0.2, 0) is 17.4 Å². The first-order valence-electron chi connectivity index (χ1n) is 5.31. The van der Waals surface area contributed by atoms with Crippen LogP contribution in [0.25, 0.3) is 0 Å². The average molecular weight is 262 g/mol. The van der Waals surface area contributed by atoms with Gasteiger partial charge in [0.25, 0.3) is 0 Å². The van der Waals surface area contributed by atoms with Crippen molar-refractivity contribution >= 4 is 5.97 Å². The SMILES string of the molecule is COc1c(CCCC(=O)O)cccc1C(F)(F)F. The van der Waals surface area contributed by atoms with E-state index < -0.39 is 17.7 Å². The molecular weight excluding hydrogens is 249 g/mol. The standard InChI is InChI=1S/C12H13F3O3/c1-18-11-8(5-3-7-10(16)17)4-2-6-9(11)12(13,14)15/h2,4,6H,3,5,7H2,1H3,(H,16,17). The Morgan fingerprint density at radius 2 is 2.06 bits per heavy atom. The molecular formula is C12H13F3O3. The molecule has 0 spiro atoms. The van der Waals surface area contributed by atoms with Crippen LogP contribution >= 0.6 is 0 Å². The summed E-state index contributed by atoms with van der Waals surface area (Å²) in [5, 5.41) is 8.49. The minimum absolute atomic E-state index is 0.0839. The van der Waals surface area contributed by atoms with Gasteiger partial charge in [0, 0.05) is 6.42 Å². The first kappa shape index (κ1) is 14.3. The Morgan fingerprint density at radius 1 is 1.39 bits per heavy atom. The van der Waals surface area contributed by atoms with Crippen molar-refractivity contribution in [3.8, 4) is 5.75 Å². The van der Waals surface area contributed by atoms with Gasteiger partial charge in [0.2, 0.25) is 0 Å². The molecule has 3 nitrogen and oxygen atoms in total. The van der Waals surface area contributed by atoms with Crippen LogP contribution in [-0.4, -0.2) is 18.2 Å². The molecule has 18 heavy (non-hydrogen) atoms. The van der Waals surface area contributed by atoms with Gasteiger partial charge in [-0.1, -0.05) is 12.1 Å². The lowest BCUT2D eigenvalue weighted by Crippen LogP contribution is -2.09. The smallest absolute Gasteiger partial charge is 0.419 e. The van der Waals surface area contributed by atoms with Crippen LogP contribution in [0.3, 0.4) is 0 Å². The van der Waals surface area contributed by atoms with E-state index >= 15 is 0 Å². The Bertz CT molecular complexity index is 427. The van der Waals surface area contributed by atoms with Gasteiger partial charge in [0.1, 0.15) is 5.75 Å². The van der Waals surface area contributed by atoms with E-state index in [9.17, 15) is 18.0 Å². The maximum Gasteiger partial charge on any atom is 0.419 e. The summed E-state index contributed by atoms with van der Waals surface area (Å²) in [7, 11) is 1.17. The number of ether oxygens (including phenoxy) is 1. The van der Waals surface area contributed by atoms with Gasteiger partial charge in [-0.3, -0.25) is 4.79 Å². The number of rotatable bonds is 5. The second kappa shape index (κ2) is 5.75. The van der Waals surface area contributed by atoms with Crippen LogP contribution in [0.15, 0.2) is 18.2 Å². The molecule has 100 valence electrons. The number of halogens is 3. The van der Waals surface area contributed by atoms with Crippen LogP contribution in [0.5, 0.6) is 5.75 Å². The highest BCUT2D eigenvalue weighted by Crippen LogP contribution is 2.38. The lowest BCUT2D eigenvalue weighted by molar-refractivity contribution is -0.139. The van der Waals surface area contributed by atoms with Crippen molar-refractivity contribution < 1.29 is 27.8 Å². The molecule has 0 aliphatic carbocycles. The van der Waals surface area contributed by atoms with Crippen LogP contribution in [0.1, 0.15) is 24.0 Å². The predicted octanol–water partition coefficient (Wildman–Crippen LogP) is 3.12. The summed E-state index contributed by atoms with van der Waals surface area (Å²) in [6, 6.07) is 3.75. The number of para-hydroxylation sites is 1. The molecule has 1 rings (SSSR count). The number of methoxy groups -OCH3 is 1. The molecule has 0 atom stereocenters. The van der Waals surface area contributed by atoms with Gasteiger partial charge >= 0.3 is 12.1 Å². The fourth-order valence-corrected chi connectivity index (χ4v) is 1.68. The zero-order valence-corrected chi connectivity index (χ0v) is 9.75. The molecule has 0 amide bonds. The predicted molar refractivity (Wildman–Crippen MR) is 58.6 cm³/mol. The maximum atomic E-state index is 12.7. The van der Waals surface area contributed by atoms with E-state index in [1.54, 1.807) is 0 Å². The number of alkyl halides is 3. The van der Waals surface area contributed by atoms with Crippen LogP contribution in [0.2, 0.25) is 0 Å². The van der Waals surface area contributed by atoms with Gasteiger partial charge in [0.05, 0.1) is 12.7 Å². The molecule has 0 unspecified atom stereocenters. The van der Waals surface area contributed by atoms with E-state index in [4.69, 9.17) is 9.84 Å². The summed E-state index contributed by atoms with van der Waals surface area (Å²) in [5.74, 6) is -1.20. The van der Waals surface area contributed by atoms with Gasteiger partial charge in [-0.05, 0) is 24.5 Å². The Hall–Kier alpha value is -1.72. The zero-order chi connectivity index (χ0) is 13.8. The summed E-state index contributed by atoms with van der Waals surface area (Å²) in [6.07, 6.45) is -4.06. The lowest BCUT2D eigenvalue weighted by atomic mass is 10.0. The zero-order valence-electron chi connectivity index (χ0n) is 9.75. The molecule has 0 aliphatic rings. The van der Waals surface area contributed by atoms with Crippen LogP contribution in [0.4, 0.5) is 13.2 Å². The second-order valence-corrected chi connectivity index (χ2v) is 3.74. The highest BCUT2D eigenvalue weighted by atomic mass is 19.4. The largest absolute Gasteiger partial charge is 0.496 e. The van der Waals surface area contributed by atoms with Crippen LogP contribution in [0, 0.1) is 0 Å². The van der Waals surface area contributed by atoms with Crippen molar-refractivity contribution in [2.45, 2.75) is 25.4 Å². The number of carbonyl (C=O) groups is 1. The Morgan fingerprint density at radius 3 is 2.56 bits per heavy atom. The van der Waals surface area contributed by atoms with Gasteiger partial charge in [0.15, 0.2) is 0 Å². The Balaban J connectivity index is 2.95. The van der Waals surface area contributed by atoms with Gasteiger partial charge in [-0.2, -0.15) is 13.2 Å². The number of carboxylic acid groups (broad SMARTS) is 1. The molecule has 1 N–H and O–H groups in total. The fraction of sp³-hybridized carbons (Fsp3) is 0.417. The van der Waals surface area contributed by atoms with Crippen molar-refractivity contribution in [2.24, 2.45) is 0 Å². The third-order valence-electron chi connectivity index (χ3n) is 2.44. The van der Waals surface area contributed by atoms with Crippen LogP contribution < -0.4 is 4.74 Å². The van der Waals surface area contributed by atoms with Crippen molar-refractivity contribution in [1.29, 1.82) is 0 Å². The maximum absolute atomic E-state index is 12.7. The van der Waals surface area contributed by atoms with Gasteiger partial charge in [-0.25, -0.2) is 0 Å². The molecule has 0 aliphatic heterocycles. The van der Waals surface area contributed by atoms with Crippen molar-refractivity contribution in [3.05, 3.63) is 29.3 Å². The topological polar surface area (TPSA) is 46.5 Å². The highest BCUT2D eigenvalue weighted by molar-refractivity contribution is 5.66. The molecule has 0 aromatic heterocycles. The second-order valence-electron chi connectivity index (χ2n) is 3.74. The number of benzene rings is 1. The number of aryl methyl sites for hydroxylation is 1. The van der Waals surface area contributed by atoms with Gasteiger partial charge < -0.3 is 9.84 Å². The molecule has 1 aromatic carbocycles. The van der Waals surface area contributed by atoms with E-state index in [1.807, 2.05) is 0 Å². The summed E-state index contributed by atoms with van der Waals surface area (Å²) in [5.41, 5.74) is -0.466. The van der Waals surface area contributed by atoms with Crippen molar-refractivity contribution in [2.75, 3.05) is 7.11 Å². The molecule has 0 bridgehead atoms. The third kappa shape index (κ3) is 3.65. The van der Waals surface area contributed by atoms with Gasteiger partial charge in [-0.15, -0.1) is 0 Å². The van der Waals surface area contributed by atoms with E-state index in [-0.39, 0.29) is 25.0 Å². The Kier molecular flexibility index (Phi) is 4.58. The summed E-state index contributed by atoms with van der Waals surface area (Å²) < 4.78 is 42.9. The molecule has 0 heterocycles. The molecule has 0 fully saturated rings. The van der Waals surface area contributed by atoms with E-state index in [0.29, 0.717) is 5.56 Å². The molecule has 6 heteroatoms.